The zero-order valence-electron chi connectivity index (χ0n) is 24.5. The van der Waals surface area contributed by atoms with E-state index in [9.17, 15) is 9.90 Å². The van der Waals surface area contributed by atoms with E-state index in [1.54, 1.807) is 0 Å². The lowest BCUT2D eigenvalue weighted by molar-refractivity contribution is -0.327. The van der Waals surface area contributed by atoms with Crippen molar-refractivity contribution in [1.82, 2.24) is 0 Å². The van der Waals surface area contributed by atoms with Crippen molar-refractivity contribution >= 4 is 5.97 Å². The van der Waals surface area contributed by atoms with Gasteiger partial charge in [0.15, 0.2) is 6.29 Å². The molecule has 0 amide bonds. The molecule has 0 bridgehead atoms. The molecule has 0 saturated carbocycles. The first kappa shape index (κ1) is 31.5. The predicted molar refractivity (Wildman–Crippen MR) is 163 cm³/mol. The Balaban J connectivity index is 1.42. The molecule has 1 fully saturated rings. The predicted octanol–water partition coefficient (Wildman–Crippen LogP) is 5.79. The van der Waals surface area contributed by atoms with Crippen molar-refractivity contribution in [3.63, 3.8) is 0 Å². The third-order valence-electron chi connectivity index (χ3n) is 7.21. The van der Waals surface area contributed by atoms with Crippen LogP contribution in [0.25, 0.3) is 0 Å². The molecule has 1 aliphatic rings. The summed E-state index contributed by atoms with van der Waals surface area (Å²) in [6.45, 7) is 0.808. The number of carboxylic acid groups (broad SMARTS) is 1. The zero-order chi connectivity index (χ0) is 30.4. The summed E-state index contributed by atoms with van der Waals surface area (Å²) in [7, 11) is 0. The van der Waals surface area contributed by atoms with Gasteiger partial charge in [0.2, 0.25) is 0 Å². The first-order valence-corrected chi connectivity index (χ1v) is 14.7. The monoisotopic (exact) mass is 598 g/mol. The Morgan fingerprint density at radius 2 is 0.955 bits per heavy atom. The minimum Gasteiger partial charge on any atom is -0.480 e. The summed E-state index contributed by atoms with van der Waals surface area (Å²) in [4.78, 5) is 11.6. The van der Waals surface area contributed by atoms with Gasteiger partial charge in [-0.2, -0.15) is 0 Å². The van der Waals surface area contributed by atoms with E-state index in [2.05, 4.69) is 0 Å². The van der Waals surface area contributed by atoms with Crippen LogP contribution in [0.3, 0.4) is 0 Å². The summed E-state index contributed by atoms with van der Waals surface area (Å²) in [5, 5.41) is 9.45. The number of rotatable bonds is 16. The van der Waals surface area contributed by atoms with E-state index < -0.39 is 43.3 Å². The highest BCUT2D eigenvalue weighted by Gasteiger charge is 2.49. The topological polar surface area (TPSA) is 92.7 Å². The van der Waals surface area contributed by atoms with E-state index in [0.29, 0.717) is 13.2 Å². The Kier molecular flexibility index (Phi) is 12.1. The average Bonchev–Trinajstić information content (AvgIpc) is 3.07. The van der Waals surface area contributed by atoms with E-state index >= 15 is 0 Å². The number of carbonyl (C=O) groups is 1. The smallest absolute Gasteiger partial charge is 0.329 e. The minimum absolute atomic E-state index is 0.165. The van der Waals surface area contributed by atoms with Gasteiger partial charge >= 0.3 is 5.97 Å². The summed E-state index contributed by atoms with van der Waals surface area (Å²) in [6.07, 6.45) is -3.79. The van der Waals surface area contributed by atoms with Gasteiger partial charge in [0.1, 0.15) is 31.0 Å². The van der Waals surface area contributed by atoms with E-state index in [1.807, 2.05) is 121 Å². The maximum Gasteiger partial charge on any atom is 0.329 e. The Bertz CT molecular complexity index is 1370. The molecule has 5 rings (SSSR count). The van der Waals surface area contributed by atoms with Crippen LogP contribution in [-0.2, 0) is 59.6 Å². The van der Waals surface area contributed by atoms with E-state index in [-0.39, 0.29) is 19.8 Å². The van der Waals surface area contributed by atoms with Crippen LogP contribution in [0.15, 0.2) is 121 Å². The number of benzene rings is 4. The maximum atomic E-state index is 11.6. The third kappa shape index (κ3) is 9.56. The standard InChI is InChI=1S/C36H38O8/c37-32(38)26-43-36-35(42-24-30-19-11-4-12-20-30)34(41-23-29-17-9-3-10-18-29)33(40-22-28-15-7-2-8-16-28)31(44-36)25-39-21-27-13-5-1-6-14-27/h1-20,31,33-36H,21-26H2,(H,37,38)/t31?,33-,34+,35+,36?/m0/s1. The molecule has 1 saturated heterocycles. The lowest BCUT2D eigenvalue weighted by atomic mass is 9.97. The second kappa shape index (κ2) is 16.8. The molecule has 5 atom stereocenters. The largest absolute Gasteiger partial charge is 0.480 e. The molecule has 8 heteroatoms. The van der Waals surface area contributed by atoms with Gasteiger partial charge in [-0.1, -0.05) is 121 Å². The van der Waals surface area contributed by atoms with Crippen molar-refractivity contribution < 1.29 is 38.3 Å². The summed E-state index contributed by atoms with van der Waals surface area (Å²) in [6, 6.07) is 39.3. The molecular formula is C36H38O8. The zero-order valence-corrected chi connectivity index (χ0v) is 24.5. The number of carboxylic acids is 1. The SMILES string of the molecule is O=C(O)COC1OC(COCc2ccccc2)[C@H](OCc2ccccc2)[C@@H](OCc2ccccc2)[C@H]1OCc1ccccc1. The van der Waals surface area contributed by atoms with Gasteiger partial charge in [-0.05, 0) is 22.3 Å². The van der Waals surface area contributed by atoms with E-state index in [0.717, 1.165) is 22.3 Å². The van der Waals surface area contributed by atoms with Gasteiger partial charge in [0.25, 0.3) is 0 Å². The summed E-state index contributed by atoms with van der Waals surface area (Å²) in [5.74, 6) is -1.11. The van der Waals surface area contributed by atoms with Crippen molar-refractivity contribution in [2.45, 2.75) is 57.1 Å². The number of hydrogen-bond donors (Lipinski definition) is 1. The van der Waals surface area contributed by atoms with Crippen LogP contribution in [0.2, 0.25) is 0 Å². The first-order chi connectivity index (χ1) is 21.7. The van der Waals surface area contributed by atoms with Crippen LogP contribution in [-0.4, -0.2) is 55.0 Å². The van der Waals surface area contributed by atoms with Gasteiger partial charge in [0.05, 0.1) is 33.0 Å². The van der Waals surface area contributed by atoms with Crippen LogP contribution in [0, 0.1) is 0 Å². The molecule has 8 nitrogen and oxygen atoms in total. The van der Waals surface area contributed by atoms with Gasteiger partial charge < -0.3 is 33.5 Å². The van der Waals surface area contributed by atoms with Crippen molar-refractivity contribution in [2.75, 3.05) is 13.2 Å². The molecule has 0 spiro atoms. The number of aliphatic carboxylic acids is 1. The van der Waals surface area contributed by atoms with Crippen LogP contribution in [0.4, 0.5) is 0 Å². The Morgan fingerprint density at radius 1 is 0.545 bits per heavy atom. The lowest BCUT2D eigenvalue weighted by Gasteiger charge is -2.45. The van der Waals surface area contributed by atoms with Crippen molar-refractivity contribution in [2.24, 2.45) is 0 Å². The van der Waals surface area contributed by atoms with Crippen molar-refractivity contribution in [3.8, 4) is 0 Å². The molecule has 0 aromatic heterocycles. The van der Waals surface area contributed by atoms with Gasteiger partial charge in [0, 0.05) is 0 Å². The van der Waals surface area contributed by atoms with Gasteiger partial charge in [-0.3, -0.25) is 0 Å². The Hall–Kier alpha value is -3.89. The van der Waals surface area contributed by atoms with Gasteiger partial charge in [-0.25, -0.2) is 4.79 Å². The molecule has 2 unspecified atom stereocenters. The molecule has 230 valence electrons. The van der Waals surface area contributed by atoms with Crippen LogP contribution >= 0.6 is 0 Å². The molecule has 1 N–H and O–H groups in total. The summed E-state index contributed by atoms with van der Waals surface area (Å²) < 4.78 is 37.9. The maximum absolute atomic E-state index is 11.6. The van der Waals surface area contributed by atoms with Crippen molar-refractivity contribution in [3.05, 3.63) is 144 Å². The average molecular weight is 599 g/mol. The van der Waals surface area contributed by atoms with Crippen LogP contribution in [0.1, 0.15) is 22.3 Å². The minimum atomic E-state index is -1.11. The second-order valence-corrected chi connectivity index (χ2v) is 10.5. The first-order valence-electron chi connectivity index (χ1n) is 14.7. The highest BCUT2D eigenvalue weighted by atomic mass is 16.7. The normalized spacial score (nSPS) is 21.6. The molecular weight excluding hydrogens is 560 g/mol. The molecule has 1 aliphatic heterocycles. The van der Waals surface area contributed by atoms with E-state index in [1.165, 1.54) is 0 Å². The van der Waals surface area contributed by atoms with Crippen LogP contribution < -0.4 is 0 Å². The molecule has 1 heterocycles. The highest BCUT2D eigenvalue weighted by molar-refractivity contribution is 5.68. The molecule has 0 radical (unpaired) electrons. The Morgan fingerprint density at radius 3 is 1.41 bits per heavy atom. The number of ether oxygens (including phenoxy) is 6. The van der Waals surface area contributed by atoms with Crippen LogP contribution in [0.5, 0.6) is 0 Å². The second-order valence-electron chi connectivity index (χ2n) is 10.5. The fourth-order valence-electron chi connectivity index (χ4n) is 5.03. The molecule has 4 aromatic rings. The summed E-state index contributed by atoms with van der Waals surface area (Å²) >= 11 is 0. The highest BCUT2D eigenvalue weighted by Crippen LogP contribution is 2.31. The Labute approximate surface area is 258 Å². The van der Waals surface area contributed by atoms with E-state index in [4.69, 9.17) is 28.4 Å². The number of hydrogen-bond acceptors (Lipinski definition) is 7. The molecule has 0 aliphatic carbocycles. The summed E-state index contributed by atoms with van der Waals surface area (Å²) in [5.41, 5.74) is 3.93. The molecule has 4 aromatic carbocycles. The quantitative estimate of drug-likeness (QED) is 0.173. The third-order valence-corrected chi connectivity index (χ3v) is 7.21. The fraction of sp³-hybridized carbons (Fsp3) is 0.306. The van der Waals surface area contributed by atoms with Crippen molar-refractivity contribution in [1.29, 1.82) is 0 Å². The fourth-order valence-corrected chi connectivity index (χ4v) is 5.03. The van der Waals surface area contributed by atoms with Gasteiger partial charge in [-0.15, -0.1) is 0 Å². The molecule has 44 heavy (non-hydrogen) atoms. The lowest BCUT2D eigenvalue weighted by Crippen LogP contribution is -2.62.